The lowest BCUT2D eigenvalue weighted by molar-refractivity contribution is -0.143. The van der Waals surface area contributed by atoms with Crippen molar-refractivity contribution in [2.24, 2.45) is 10.2 Å². The molecule has 7 nitrogen and oxygen atoms in total. The fourth-order valence-corrected chi connectivity index (χ4v) is 2.75. The number of carbonyl (C=O) groups is 2. The van der Waals surface area contributed by atoms with Gasteiger partial charge >= 0.3 is 5.97 Å². The third kappa shape index (κ3) is 4.82. The van der Waals surface area contributed by atoms with Crippen LogP contribution in [-0.4, -0.2) is 31.1 Å². The van der Waals surface area contributed by atoms with Crippen LogP contribution in [0.1, 0.15) is 13.3 Å². The summed E-state index contributed by atoms with van der Waals surface area (Å²) in [5.74, 6) is -0.899. The SMILES string of the molecule is CCOC(=O)C(N=Nc1ccccc1)C1=C(C(=O)Nc2ccccc2)OCC1. The van der Waals surface area contributed by atoms with Gasteiger partial charge in [-0.2, -0.15) is 10.2 Å². The van der Waals surface area contributed by atoms with Gasteiger partial charge in [0, 0.05) is 17.7 Å². The van der Waals surface area contributed by atoms with Gasteiger partial charge in [-0.1, -0.05) is 36.4 Å². The minimum Gasteiger partial charge on any atom is -0.488 e. The lowest BCUT2D eigenvalue weighted by Gasteiger charge is -2.13. The molecule has 1 N–H and O–H groups in total. The van der Waals surface area contributed by atoms with Gasteiger partial charge in [-0.05, 0) is 31.2 Å². The quantitative estimate of drug-likeness (QED) is 0.581. The second-order valence-corrected chi connectivity index (χ2v) is 5.98. The van der Waals surface area contributed by atoms with E-state index in [2.05, 4.69) is 15.5 Å². The lowest BCUT2D eigenvalue weighted by atomic mass is 10.0. The van der Waals surface area contributed by atoms with Crippen LogP contribution in [0.3, 0.4) is 0 Å². The predicted molar refractivity (Wildman–Crippen MR) is 104 cm³/mol. The van der Waals surface area contributed by atoms with Gasteiger partial charge in [0.05, 0.1) is 18.9 Å². The van der Waals surface area contributed by atoms with Crippen molar-refractivity contribution >= 4 is 23.3 Å². The van der Waals surface area contributed by atoms with Crippen LogP contribution < -0.4 is 5.32 Å². The number of azo groups is 1. The normalized spacial score (nSPS) is 14.6. The van der Waals surface area contributed by atoms with E-state index in [0.29, 0.717) is 30.0 Å². The molecule has 3 rings (SSSR count). The summed E-state index contributed by atoms with van der Waals surface area (Å²) in [5.41, 5.74) is 1.70. The molecule has 144 valence electrons. The number of carbonyl (C=O) groups excluding carboxylic acids is 2. The van der Waals surface area contributed by atoms with Crippen molar-refractivity contribution < 1.29 is 19.1 Å². The molecular weight excluding hydrogens is 358 g/mol. The molecule has 0 saturated carbocycles. The van der Waals surface area contributed by atoms with Gasteiger partial charge in [0.25, 0.3) is 5.91 Å². The van der Waals surface area contributed by atoms with E-state index in [1.165, 1.54) is 0 Å². The van der Waals surface area contributed by atoms with E-state index < -0.39 is 17.9 Å². The van der Waals surface area contributed by atoms with E-state index in [4.69, 9.17) is 9.47 Å². The minimum atomic E-state index is -1.03. The molecule has 1 aliphatic heterocycles. The summed E-state index contributed by atoms with van der Waals surface area (Å²) >= 11 is 0. The summed E-state index contributed by atoms with van der Waals surface area (Å²) < 4.78 is 10.7. The lowest BCUT2D eigenvalue weighted by Crippen LogP contribution is -2.26. The number of amides is 1. The Balaban J connectivity index is 1.87. The molecule has 0 radical (unpaired) electrons. The van der Waals surface area contributed by atoms with E-state index >= 15 is 0 Å². The zero-order valence-electron chi connectivity index (χ0n) is 15.5. The number of nitrogens with one attached hydrogen (secondary N) is 1. The Morgan fingerprint density at radius 2 is 1.79 bits per heavy atom. The molecule has 2 aromatic rings. The van der Waals surface area contributed by atoms with Crippen LogP contribution >= 0.6 is 0 Å². The van der Waals surface area contributed by atoms with E-state index in [1.807, 2.05) is 36.4 Å². The predicted octanol–water partition coefficient (Wildman–Crippen LogP) is 4.02. The summed E-state index contributed by atoms with van der Waals surface area (Å²) in [6.45, 7) is 2.21. The number of esters is 1. The standard InChI is InChI=1S/C21H21N3O4/c1-2-27-21(26)18(24-23-16-11-7-4-8-12-16)17-13-14-28-19(17)20(25)22-15-9-5-3-6-10-15/h3-12,18H,2,13-14H2,1H3,(H,22,25). The fraction of sp³-hybridized carbons (Fsp3) is 0.238. The van der Waals surface area contributed by atoms with Crippen LogP contribution in [0.4, 0.5) is 11.4 Å². The smallest absolute Gasteiger partial charge is 0.337 e. The molecule has 2 aromatic carbocycles. The first-order chi connectivity index (χ1) is 13.7. The van der Waals surface area contributed by atoms with Gasteiger partial charge in [-0.3, -0.25) is 4.79 Å². The molecule has 0 spiro atoms. The van der Waals surface area contributed by atoms with Crippen molar-refractivity contribution in [3.63, 3.8) is 0 Å². The molecule has 0 bridgehead atoms. The third-order valence-electron chi connectivity index (χ3n) is 4.03. The number of benzene rings is 2. The maximum Gasteiger partial charge on any atom is 0.337 e. The van der Waals surface area contributed by atoms with Gasteiger partial charge < -0.3 is 14.8 Å². The van der Waals surface area contributed by atoms with Gasteiger partial charge in [-0.15, -0.1) is 0 Å². The highest BCUT2D eigenvalue weighted by molar-refractivity contribution is 6.04. The summed E-state index contributed by atoms with van der Waals surface area (Å²) in [4.78, 5) is 25.1. The number of rotatable bonds is 7. The number of para-hydroxylation sites is 1. The fourth-order valence-electron chi connectivity index (χ4n) is 2.75. The van der Waals surface area contributed by atoms with Crippen molar-refractivity contribution in [3.05, 3.63) is 72.0 Å². The summed E-state index contributed by atoms with van der Waals surface area (Å²) in [6.07, 6.45) is 0.398. The number of ether oxygens (including phenoxy) is 2. The van der Waals surface area contributed by atoms with Crippen molar-refractivity contribution in [1.82, 2.24) is 0 Å². The largest absolute Gasteiger partial charge is 0.488 e. The number of anilines is 1. The highest BCUT2D eigenvalue weighted by Crippen LogP contribution is 2.27. The maximum absolute atomic E-state index is 12.7. The molecule has 0 aliphatic carbocycles. The van der Waals surface area contributed by atoms with Crippen LogP contribution in [0.25, 0.3) is 0 Å². The molecule has 1 amide bonds. The Morgan fingerprint density at radius 3 is 2.46 bits per heavy atom. The van der Waals surface area contributed by atoms with E-state index in [1.54, 1.807) is 31.2 Å². The average molecular weight is 379 g/mol. The highest BCUT2D eigenvalue weighted by atomic mass is 16.5. The topological polar surface area (TPSA) is 89.4 Å². The van der Waals surface area contributed by atoms with Gasteiger partial charge in [0.15, 0.2) is 11.8 Å². The first-order valence-corrected chi connectivity index (χ1v) is 9.04. The number of nitrogens with zero attached hydrogens (tertiary/aromatic N) is 2. The molecule has 1 unspecified atom stereocenters. The van der Waals surface area contributed by atoms with E-state index in [-0.39, 0.29) is 12.4 Å². The van der Waals surface area contributed by atoms with Crippen LogP contribution in [0, 0.1) is 0 Å². The second-order valence-electron chi connectivity index (χ2n) is 5.98. The van der Waals surface area contributed by atoms with Gasteiger partial charge in [0.2, 0.25) is 0 Å². The van der Waals surface area contributed by atoms with E-state index in [0.717, 1.165) is 0 Å². The molecule has 7 heteroatoms. The molecule has 28 heavy (non-hydrogen) atoms. The zero-order chi connectivity index (χ0) is 19.8. The Bertz CT molecular complexity index is 879. The van der Waals surface area contributed by atoms with Crippen LogP contribution in [-0.2, 0) is 19.1 Å². The van der Waals surface area contributed by atoms with Crippen molar-refractivity contribution in [3.8, 4) is 0 Å². The minimum absolute atomic E-state index is 0.0916. The Morgan fingerprint density at radius 1 is 1.11 bits per heavy atom. The zero-order valence-corrected chi connectivity index (χ0v) is 15.5. The number of hydrogen-bond acceptors (Lipinski definition) is 6. The summed E-state index contributed by atoms with van der Waals surface area (Å²) in [5, 5.41) is 11.1. The Labute approximate surface area is 163 Å². The molecular formula is C21H21N3O4. The van der Waals surface area contributed by atoms with Crippen LogP contribution in [0.2, 0.25) is 0 Å². The molecule has 1 heterocycles. The first-order valence-electron chi connectivity index (χ1n) is 9.04. The summed E-state index contributed by atoms with van der Waals surface area (Å²) in [6, 6.07) is 17.0. The molecule has 0 saturated heterocycles. The third-order valence-corrected chi connectivity index (χ3v) is 4.03. The Kier molecular flexibility index (Phi) is 6.51. The second kappa shape index (κ2) is 9.45. The van der Waals surface area contributed by atoms with Crippen molar-refractivity contribution in [2.45, 2.75) is 19.4 Å². The van der Waals surface area contributed by atoms with Crippen molar-refractivity contribution in [1.29, 1.82) is 0 Å². The molecule has 0 aromatic heterocycles. The summed E-state index contributed by atoms with van der Waals surface area (Å²) in [7, 11) is 0. The molecule has 0 fully saturated rings. The van der Waals surface area contributed by atoms with Gasteiger partial charge in [-0.25, -0.2) is 4.79 Å². The average Bonchev–Trinajstić information content (AvgIpc) is 3.20. The number of hydrogen-bond donors (Lipinski definition) is 1. The Hall–Kier alpha value is -3.48. The maximum atomic E-state index is 12.7. The van der Waals surface area contributed by atoms with E-state index in [9.17, 15) is 9.59 Å². The first kappa shape index (κ1) is 19.3. The highest BCUT2D eigenvalue weighted by Gasteiger charge is 2.34. The molecule has 1 atom stereocenters. The monoisotopic (exact) mass is 379 g/mol. The molecule has 1 aliphatic rings. The van der Waals surface area contributed by atoms with Crippen LogP contribution in [0.15, 0.2) is 82.2 Å². The van der Waals surface area contributed by atoms with Gasteiger partial charge in [0.1, 0.15) is 0 Å². The van der Waals surface area contributed by atoms with Crippen LogP contribution in [0.5, 0.6) is 0 Å². The van der Waals surface area contributed by atoms with Crippen molar-refractivity contribution in [2.75, 3.05) is 18.5 Å².